The fourth-order valence-corrected chi connectivity index (χ4v) is 1.52. The van der Waals surface area contributed by atoms with Crippen molar-refractivity contribution >= 4 is 27.4 Å². The molecule has 1 rings (SSSR count). The largest absolute Gasteiger partial charge is 0.397 e. The lowest BCUT2D eigenvalue weighted by Crippen LogP contribution is -2.22. The fourth-order valence-electron chi connectivity index (χ4n) is 1.07. The third-order valence-corrected chi connectivity index (χ3v) is 3.64. The van der Waals surface area contributed by atoms with Gasteiger partial charge in [-0.15, -0.1) is 0 Å². The van der Waals surface area contributed by atoms with E-state index in [0.717, 1.165) is 15.9 Å². The Kier molecular flexibility index (Phi) is 3.97. The van der Waals surface area contributed by atoms with Gasteiger partial charge in [0, 0.05) is 6.04 Å². The van der Waals surface area contributed by atoms with Gasteiger partial charge in [0.2, 0.25) is 0 Å². The summed E-state index contributed by atoms with van der Waals surface area (Å²) in [5.41, 5.74) is 7.50. The molecule has 15 heavy (non-hydrogen) atoms. The number of nitrogen functional groups attached to an aromatic ring is 1. The van der Waals surface area contributed by atoms with Crippen molar-refractivity contribution in [1.82, 2.24) is 4.98 Å². The van der Waals surface area contributed by atoms with Gasteiger partial charge < -0.3 is 11.1 Å². The molecule has 3 nitrogen and oxygen atoms in total. The van der Waals surface area contributed by atoms with Crippen molar-refractivity contribution in [3.05, 3.63) is 16.2 Å². The van der Waals surface area contributed by atoms with E-state index < -0.39 is 0 Å². The van der Waals surface area contributed by atoms with Crippen molar-refractivity contribution < 1.29 is 0 Å². The van der Waals surface area contributed by atoms with Crippen LogP contribution in [-0.2, 0) is 0 Å². The molecule has 0 fully saturated rings. The molecular formula is C11H18BrN3. The quantitative estimate of drug-likeness (QED) is 0.888. The highest BCUT2D eigenvalue weighted by Crippen LogP contribution is 2.28. The number of nitrogens with two attached hydrogens (primary N) is 1. The zero-order valence-corrected chi connectivity index (χ0v) is 11.2. The topological polar surface area (TPSA) is 50.9 Å². The molecule has 1 aromatic heterocycles. The predicted molar refractivity (Wildman–Crippen MR) is 69.0 cm³/mol. The van der Waals surface area contributed by atoms with E-state index in [1.807, 2.05) is 6.92 Å². The Morgan fingerprint density at radius 2 is 2.00 bits per heavy atom. The van der Waals surface area contributed by atoms with Crippen LogP contribution in [0, 0.1) is 12.8 Å². The van der Waals surface area contributed by atoms with Crippen LogP contribution >= 0.6 is 15.9 Å². The van der Waals surface area contributed by atoms with Crippen molar-refractivity contribution in [1.29, 1.82) is 0 Å². The molecule has 84 valence electrons. The number of nitrogens with zero attached hydrogens (tertiary/aromatic N) is 1. The first-order chi connectivity index (χ1) is 6.93. The summed E-state index contributed by atoms with van der Waals surface area (Å²) in [7, 11) is 0. The lowest BCUT2D eigenvalue weighted by molar-refractivity contribution is 0.558. The lowest BCUT2D eigenvalue weighted by Gasteiger charge is -2.19. The summed E-state index contributed by atoms with van der Waals surface area (Å²) in [5, 5.41) is 3.36. The number of halogens is 1. The van der Waals surface area contributed by atoms with Gasteiger partial charge in [0.25, 0.3) is 0 Å². The van der Waals surface area contributed by atoms with Gasteiger partial charge in [-0.3, -0.25) is 0 Å². The van der Waals surface area contributed by atoms with E-state index in [-0.39, 0.29) is 0 Å². The van der Waals surface area contributed by atoms with Crippen LogP contribution < -0.4 is 11.1 Å². The van der Waals surface area contributed by atoms with E-state index in [2.05, 4.69) is 47.0 Å². The van der Waals surface area contributed by atoms with Gasteiger partial charge in [-0.2, -0.15) is 0 Å². The summed E-state index contributed by atoms with van der Waals surface area (Å²) < 4.78 is 0.954. The maximum atomic E-state index is 5.76. The van der Waals surface area contributed by atoms with Crippen LogP contribution in [0.1, 0.15) is 26.3 Å². The summed E-state index contributed by atoms with van der Waals surface area (Å²) in [4.78, 5) is 4.28. The van der Waals surface area contributed by atoms with Crippen molar-refractivity contribution in [2.75, 3.05) is 11.1 Å². The maximum Gasteiger partial charge on any atom is 0.140 e. The Balaban J connectivity index is 2.92. The van der Waals surface area contributed by atoms with Crippen molar-refractivity contribution in [2.45, 2.75) is 33.7 Å². The van der Waals surface area contributed by atoms with Gasteiger partial charge in [0.05, 0.1) is 16.4 Å². The first kappa shape index (κ1) is 12.3. The van der Waals surface area contributed by atoms with Gasteiger partial charge in [-0.05, 0) is 41.3 Å². The number of pyridine rings is 1. The van der Waals surface area contributed by atoms with E-state index in [0.29, 0.717) is 17.6 Å². The number of rotatable bonds is 3. The highest BCUT2D eigenvalue weighted by atomic mass is 79.9. The van der Waals surface area contributed by atoms with E-state index in [4.69, 9.17) is 5.73 Å². The third kappa shape index (κ3) is 2.84. The van der Waals surface area contributed by atoms with Crippen LogP contribution in [0.3, 0.4) is 0 Å². The molecule has 1 unspecified atom stereocenters. The van der Waals surface area contributed by atoms with Crippen LogP contribution in [0.5, 0.6) is 0 Å². The Labute approximate surface area is 99.6 Å². The van der Waals surface area contributed by atoms with Gasteiger partial charge in [-0.1, -0.05) is 13.8 Å². The summed E-state index contributed by atoms with van der Waals surface area (Å²) in [5.74, 6) is 1.43. The summed E-state index contributed by atoms with van der Waals surface area (Å²) in [6, 6.07) is 0.386. The molecule has 3 N–H and O–H groups in total. The van der Waals surface area contributed by atoms with E-state index in [1.54, 1.807) is 6.20 Å². The van der Waals surface area contributed by atoms with Crippen LogP contribution in [0.25, 0.3) is 0 Å². The molecule has 0 amide bonds. The summed E-state index contributed by atoms with van der Waals surface area (Å²) in [6.45, 7) is 8.47. The smallest absolute Gasteiger partial charge is 0.140 e. The van der Waals surface area contributed by atoms with Gasteiger partial charge in [0.15, 0.2) is 0 Å². The molecule has 0 aliphatic heterocycles. The highest BCUT2D eigenvalue weighted by Gasteiger charge is 2.12. The summed E-state index contributed by atoms with van der Waals surface area (Å²) >= 11 is 3.50. The second-order valence-electron chi connectivity index (χ2n) is 4.18. The monoisotopic (exact) mass is 271 g/mol. The fraction of sp³-hybridized carbons (Fsp3) is 0.545. The van der Waals surface area contributed by atoms with Crippen LogP contribution in [0.4, 0.5) is 11.5 Å². The zero-order chi connectivity index (χ0) is 11.6. The number of hydrogen-bond acceptors (Lipinski definition) is 3. The molecule has 0 saturated carbocycles. The average Bonchev–Trinajstić information content (AvgIpc) is 2.18. The minimum atomic E-state index is 0.386. The minimum absolute atomic E-state index is 0.386. The zero-order valence-electron chi connectivity index (χ0n) is 9.63. The second kappa shape index (κ2) is 4.84. The molecule has 1 heterocycles. The molecule has 0 saturated heterocycles. The molecular weight excluding hydrogens is 254 g/mol. The SMILES string of the molecule is Cc1c(N)cnc(NC(C)C(C)C)c1Br. The maximum absolute atomic E-state index is 5.76. The molecule has 0 bridgehead atoms. The third-order valence-electron chi connectivity index (χ3n) is 2.67. The molecule has 0 radical (unpaired) electrons. The van der Waals surface area contributed by atoms with E-state index in [9.17, 15) is 0 Å². The molecule has 0 aliphatic rings. The Hall–Kier alpha value is -0.770. The van der Waals surface area contributed by atoms with Gasteiger partial charge in [-0.25, -0.2) is 4.98 Å². The molecule has 0 spiro atoms. The Morgan fingerprint density at radius 1 is 1.40 bits per heavy atom. The molecule has 1 atom stereocenters. The standard InChI is InChI=1S/C11H18BrN3/c1-6(2)8(4)15-11-10(12)7(3)9(13)5-14-11/h5-6,8H,13H2,1-4H3,(H,14,15). The van der Waals surface area contributed by atoms with Crippen LogP contribution in [0.2, 0.25) is 0 Å². The first-order valence-electron chi connectivity index (χ1n) is 5.10. The number of hydrogen-bond donors (Lipinski definition) is 2. The van der Waals surface area contributed by atoms with Crippen molar-refractivity contribution in [3.63, 3.8) is 0 Å². The minimum Gasteiger partial charge on any atom is -0.397 e. The molecule has 1 aromatic rings. The number of nitrogens with one attached hydrogen (secondary N) is 1. The van der Waals surface area contributed by atoms with Crippen molar-refractivity contribution in [2.24, 2.45) is 5.92 Å². The average molecular weight is 272 g/mol. The van der Waals surface area contributed by atoms with Crippen molar-refractivity contribution in [3.8, 4) is 0 Å². The van der Waals surface area contributed by atoms with E-state index in [1.165, 1.54) is 0 Å². The molecule has 0 aliphatic carbocycles. The highest BCUT2D eigenvalue weighted by molar-refractivity contribution is 9.10. The Morgan fingerprint density at radius 3 is 2.53 bits per heavy atom. The number of anilines is 2. The second-order valence-corrected chi connectivity index (χ2v) is 4.97. The normalized spacial score (nSPS) is 12.9. The molecule has 4 heteroatoms. The molecule has 0 aromatic carbocycles. The summed E-state index contributed by atoms with van der Waals surface area (Å²) in [6.07, 6.45) is 1.69. The van der Waals surface area contributed by atoms with E-state index >= 15 is 0 Å². The van der Waals surface area contributed by atoms with Crippen LogP contribution in [0.15, 0.2) is 10.7 Å². The predicted octanol–water partition coefficient (Wildman–Crippen LogP) is 3.19. The Bertz CT molecular complexity index is 350. The van der Waals surface area contributed by atoms with Gasteiger partial charge >= 0.3 is 0 Å². The van der Waals surface area contributed by atoms with Gasteiger partial charge in [0.1, 0.15) is 5.82 Å². The van der Waals surface area contributed by atoms with Crippen LogP contribution in [-0.4, -0.2) is 11.0 Å². The first-order valence-corrected chi connectivity index (χ1v) is 5.90. The number of aromatic nitrogens is 1. The lowest BCUT2D eigenvalue weighted by atomic mass is 10.1.